The third-order valence-corrected chi connectivity index (χ3v) is 2.97. The van der Waals surface area contributed by atoms with Gasteiger partial charge in [-0.3, -0.25) is 4.79 Å². The molecule has 0 aliphatic carbocycles. The first-order valence-electron chi connectivity index (χ1n) is 6.81. The van der Waals surface area contributed by atoms with E-state index in [2.05, 4.69) is 0 Å². The second kappa shape index (κ2) is 7.87. The molecule has 0 saturated carbocycles. The van der Waals surface area contributed by atoms with Crippen LogP contribution in [-0.4, -0.2) is 45.9 Å². The van der Waals surface area contributed by atoms with Crippen molar-refractivity contribution >= 4 is 5.78 Å². The van der Waals surface area contributed by atoms with Gasteiger partial charge in [-0.15, -0.1) is 0 Å². The number of rotatable bonds is 7. The van der Waals surface area contributed by atoms with Gasteiger partial charge in [0.05, 0.1) is 33.0 Å². The summed E-state index contributed by atoms with van der Waals surface area (Å²) in [7, 11) is 1.62. The molecule has 20 heavy (non-hydrogen) atoms. The Morgan fingerprint density at radius 1 is 1.15 bits per heavy atom. The molecule has 0 aromatic heterocycles. The summed E-state index contributed by atoms with van der Waals surface area (Å²) in [5, 5.41) is 0. The van der Waals surface area contributed by atoms with Crippen LogP contribution in [0.1, 0.15) is 23.2 Å². The van der Waals surface area contributed by atoms with Gasteiger partial charge in [-0.2, -0.15) is 0 Å². The number of hydrogen-bond donors (Lipinski definition) is 0. The Balaban J connectivity index is 1.88. The fourth-order valence-corrected chi connectivity index (χ4v) is 1.89. The third-order valence-electron chi connectivity index (χ3n) is 2.97. The van der Waals surface area contributed by atoms with Crippen molar-refractivity contribution < 1.29 is 23.7 Å². The highest BCUT2D eigenvalue weighted by Crippen LogP contribution is 2.30. The largest absolute Gasteiger partial charge is 0.490 e. The first kappa shape index (κ1) is 14.8. The topological polar surface area (TPSA) is 54.0 Å². The summed E-state index contributed by atoms with van der Waals surface area (Å²) in [6, 6.07) is 5.31. The van der Waals surface area contributed by atoms with Crippen molar-refractivity contribution in [2.75, 3.05) is 40.1 Å². The minimum absolute atomic E-state index is 0.0399. The lowest BCUT2D eigenvalue weighted by Crippen LogP contribution is -2.08. The van der Waals surface area contributed by atoms with E-state index in [-0.39, 0.29) is 5.78 Å². The van der Waals surface area contributed by atoms with E-state index in [1.54, 1.807) is 25.3 Å². The van der Waals surface area contributed by atoms with Crippen molar-refractivity contribution in [3.8, 4) is 11.5 Å². The quantitative estimate of drug-likeness (QED) is 0.565. The van der Waals surface area contributed by atoms with Crippen molar-refractivity contribution in [2.24, 2.45) is 0 Å². The number of fused-ring (bicyclic) bond motifs is 1. The van der Waals surface area contributed by atoms with E-state index in [0.29, 0.717) is 56.5 Å². The summed E-state index contributed by atoms with van der Waals surface area (Å²) in [6.45, 7) is 2.71. The van der Waals surface area contributed by atoms with Crippen LogP contribution in [0.4, 0.5) is 0 Å². The molecule has 0 amide bonds. The summed E-state index contributed by atoms with van der Waals surface area (Å²) < 4.78 is 21.3. The summed E-state index contributed by atoms with van der Waals surface area (Å²) in [4.78, 5) is 12.0. The predicted octanol–water partition coefficient (Wildman–Crippen LogP) is 2.08. The molecule has 0 bridgehead atoms. The molecule has 1 heterocycles. The smallest absolute Gasteiger partial charge is 0.165 e. The Morgan fingerprint density at radius 3 is 2.75 bits per heavy atom. The maximum Gasteiger partial charge on any atom is 0.165 e. The van der Waals surface area contributed by atoms with Gasteiger partial charge in [-0.1, -0.05) is 0 Å². The van der Waals surface area contributed by atoms with Crippen LogP contribution in [0.2, 0.25) is 0 Å². The standard InChI is InChI=1S/C15H20O5/c1-17-9-10-18-8-5-13(16)12-3-4-14-15(11-12)20-7-2-6-19-14/h3-4,11H,2,5-10H2,1H3. The van der Waals surface area contributed by atoms with Crippen LogP contribution < -0.4 is 9.47 Å². The van der Waals surface area contributed by atoms with Gasteiger partial charge in [0.1, 0.15) is 0 Å². The molecule has 5 heteroatoms. The molecular weight excluding hydrogens is 260 g/mol. The van der Waals surface area contributed by atoms with Gasteiger partial charge in [0.2, 0.25) is 0 Å². The number of ether oxygens (including phenoxy) is 4. The fourth-order valence-electron chi connectivity index (χ4n) is 1.89. The molecule has 110 valence electrons. The Labute approximate surface area is 118 Å². The number of carbonyl (C=O) groups excluding carboxylic acids is 1. The van der Waals surface area contributed by atoms with Crippen molar-refractivity contribution in [3.63, 3.8) is 0 Å². The average Bonchev–Trinajstić information content (AvgIpc) is 2.71. The maximum absolute atomic E-state index is 12.0. The van der Waals surface area contributed by atoms with Crippen molar-refractivity contribution in [1.29, 1.82) is 0 Å². The van der Waals surface area contributed by atoms with Crippen LogP contribution in [0.25, 0.3) is 0 Å². The Bertz CT molecular complexity index is 444. The van der Waals surface area contributed by atoms with Gasteiger partial charge in [0.15, 0.2) is 17.3 Å². The summed E-state index contributed by atoms with van der Waals surface area (Å²) in [5.41, 5.74) is 0.629. The molecule has 0 atom stereocenters. The van der Waals surface area contributed by atoms with E-state index in [1.165, 1.54) is 0 Å². The van der Waals surface area contributed by atoms with Crippen molar-refractivity contribution in [1.82, 2.24) is 0 Å². The summed E-state index contributed by atoms with van der Waals surface area (Å²) in [5.74, 6) is 1.39. The van der Waals surface area contributed by atoms with Gasteiger partial charge < -0.3 is 18.9 Å². The zero-order valence-electron chi connectivity index (χ0n) is 11.7. The van der Waals surface area contributed by atoms with E-state index >= 15 is 0 Å². The van der Waals surface area contributed by atoms with Crippen LogP contribution in [0.5, 0.6) is 11.5 Å². The predicted molar refractivity (Wildman–Crippen MR) is 73.7 cm³/mol. The van der Waals surface area contributed by atoms with Gasteiger partial charge in [0, 0.05) is 25.5 Å². The molecular formula is C15H20O5. The maximum atomic E-state index is 12.0. The molecule has 5 nitrogen and oxygen atoms in total. The Hall–Kier alpha value is -1.59. The third kappa shape index (κ3) is 4.21. The van der Waals surface area contributed by atoms with Crippen LogP contribution in [0.3, 0.4) is 0 Å². The van der Waals surface area contributed by atoms with Gasteiger partial charge >= 0.3 is 0 Å². The number of hydrogen-bond acceptors (Lipinski definition) is 5. The van der Waals surface area contributed by atoms with Crippen LogP contribution in [-0.2, 0) is 9.47 Å². The van der Waals surface area contributed by atoms with E-state index < -0.39 is 0 Å². The minimum Gasteiger partial charge on any atom is -0.490 e. The van der Waals surface area contributed by atoms with Crippen molar-refractivity contribution in [2.45, 2.75) is 12.8 Å². The molecule has 0 spiro atoms. The molecule has 0 fully saturated rings. The molecule has 0 N–H and O–H groups in total. The van der Waals surface area contributed by atoms with Crippen LogP contribution in [0.15, 0.2) is 18.2 Å². The lowest BCUT2D eigenvalue weighted by Gasteiger charge is -2.09. The van der Waals surface area contributed by atoms with E-state index in [0.717, 1.165) is 6.42 Å². The molecule has 1 aliphatic heterocycles. The number of Topliss-reactive ketones (excluding diaryl/α,β-unsaturated/α-hetero) is 1. The van der Waals surface area contributed by atoms with Gasteiger partial charge in [0.25, 0.3) is 0 Å². The van der Waals surface area contributed by atoms with Crippen LogP contribution in [0, 0.1) is 0 Å². The molecule has 0 unspecified atom stereocenters. The van der Waals surface area contributed by atoms with E-state index in [1.807, 2.05) is 0 Å². The van der Waals surface area contributed by atoms with E-state index in [4.69, 9.17) is 18.9 Å². The molecule has 1 aromatic rings. The molecule has 1 aliphatic rings. The lowest BCUT2D eigenvalue weighted by molar-refractivity contribution is 0.0641. The monoisotopic (exact) mass is 280 g/mol. The SMILES string of the molecule is COCCOCCC(=O)c1ccc2c(c1)OCCCO2. The molecule has 1 aromatic carbocycles. The second-order valence-corrected chi connectivity index (χ2v) is 4.49. The number of methoxy groups -OCH3 is 1. The molecule has 0 radical (unpaired) electrons. The fraction of sp³-hybridized carbons (Fsp3) is 0.533. The van der Waals surface area contributed by atoms with Gasteiger partial charge in [-0.05, 0) is 18.2 Å². The molecule has 2 rings (SSSR count). The normalized spacial score (nSPS) is 13.8. The second-order valence-electron chi connectivity index (χ2n) is 4.49. The highest BCUT2D eigenvalue weighted by atomic mass is 16.5. The summed E-state index contributed by atoms with van der Waals surface area (Å²) in [6.07, 6.45) is 1.20. The highest BCUT2D eigenvalue weighted by molar-refractivity contribution is 5.96. The average molecular weight is 280 g/mol. The number of ketones is 1. The summed E-state index contributed by atoms with van der Waals surface area (Å²) >= 11 is 0. The van der Waals surface area contributed by atoms with Gasteiger partial charge in [-0.25, -0.2) is 0 Å². The Kier molecular flexibility index (Phi) is 5.83. The highest BCUT2D eigenvalue weighted by Gasteiger charge is 2.13. The minimum atomic E-state index is 0.0399. The first-order chi connectivity index (χ1) is 9.81. The Morgan fingerprint density at radius 2 is 1.95 bits per heavy atom. The number of benzene rings is 1. The molecule has 0 saturated heterocycles. The van der Waals surface area contributed by atoms with E-state index in [9.17, 15) is 4.79 Å². The zero-order valence-corrected chi connectivity index (χ0v) is 11.7. The number of carbonyl (C=O) groups is 1. The van der Waals surface area contributed by atoms with Crippen LogP contribution >= 0.6 is 0 Å². The van der Waals surface area contributed by atoms with Crippen molar-refractivity contribution in [3.05, 3.63) is 23.8 Å². The lowest BCUT2D eigenvalue weighted by atomic mass is 10.1. The first-order valence-corrected chi connectivity index (χ1v) is 6.81. The zero-order chi connectivity index (χ0) is 14.2.